The molecule has 2 aliphatic rings. The summed E-state index contributed by atoms with van der Waals surface area (Å²) >= 11 is 0. The molecule has 0 saturated heterocycles. The summed E-state index contributed by atoms with van der Waals surface area (Å²) in [6.45, 7) is 1.89. The topological polar surface area (TPSA) is 51.8 Å². The van der Waals surface area contributed by atoms with Gasteiger partial charge in [-0.05, 0) is 13.0 Å². The van der Waals surface area contributed by atoms with Gasteiger partial charge in [-0.15, -0.1) is 5.10 Å². The lowest BCUT2D eigenvalue weighted by Crippen LogP contribution is -1.80. The minimum atomic E-state index is 0.569. The van der Waals surface area contributed by atoms with Crippen molar-refractivity contribution in [3.63, 3.8) is 0 Å². The standard InChI is InChI=1S/C6H5N3O/c1-4-5-2-3-10-9-6(5)8-7-4/h2-3H,1H3. The highest BCUT2D eigenvalue weighted by Crippen LogP contribution is 2.17. The SMILES string of the molecule is Cc1nnc2noccc1-2. The van der Waals surface area contributed by atoms with Gasteiger partial charge in [0.15, 0.2) is 0 Å². The first-order valence-corrected chi connectivity index (χ1v) is 2.91. The lowest BCUT2D eigenvalue weighted by Gasteiger charge is -1.89. The third-order valence-electron chi connectivity index (χ3n) is 1.36. The highest BCUT2D eigenvalue weighted by Gasteiger charge is 2.09. The maximum Gasteiger partial charge on any atom is 0.222 e. The van der Waals surface area contributed by atoms with Crippen molar-refractivity contribution in [2.45, 2.75) is 6.92 Å². The van der Waals surface area contributed by atoms with Crippen molar-refractivity contribution in [2.75, 3.05) is 0 Å². The van der Waals surface area contributed by atoms with Crippen LogP contribution in [0.2, 0.25) is 0 Å². The summed E-state index contributed by atoms with van der Waals surface area (Å²) in [5.41, 5.74) is 1.84. The Balaban J connectivity index is 2.78. The number of nitrogens with zero attached hydrogens (tertiary/aromatic N) is 3. The lowest BCUT2D eigenvalue weighted by molar-refractivity contribution is 0.400. The Bertz CT molecular complexity index is 317. The van der Waals surface area contributed by atoms with Crippen molar-refractivity contribution >= 4 is 0 Å². The van der Waals surface area contributed by atoms with Crippen LogP contribution in [-0.2, 0) is 0 Å². The number of hydrogen-bond acceptors (Lipinski definition) is 4. The van der Waals surface area contributed by atoms with E-state index in [9.17, 15) is 0 Å². The van der Waals surface area contributed by atoms with Gasteiger partial charge in [-0.3, -0.25) is 0 Å². The molecule has 0 aliphatic carbocycles. The molecule has 0 aromatic heterocycles. The van der Waals surface area contributed by atoms with Crippen LogP contribution in [0.3, 0.4) is 0 Å². The quantitative estimate of drug-likeness (QED) is 0.538. The summed E-state index contributed by atoms with van der Waals surface area (Å²) in [6.07, 6.45) is 1.51. The van der Waals surface area contributed by atoms with Gasteiger partial charge in [-0.1, -0.05) is 5.16 Å². The Morgan fingerprint density at radius 2 is 2.30 bits per heavy atom. The molecule has 2 heterocycles. The van der Waals surface area contributed by atoms with Gasteiger partial charge < -0.3 is 4.52 Å². The van der Waals surface area contributed by atoms with E-state index in [1.807, 2.05) is 6.92 Å². The Hall–Kier alpha value is -1.45. The summed E-state index contributed by atoms with van der Waals surface area (Å²) in [5.74, 6) is 0.569. The van der Waals surface area contributed by atoms with E-state index in [0.717, 1.165) is 11.3 Å². The molecule has 10 heavy (non-hydrogen) atoms. The van der Waals surface area contributed by atoms with Crippen LogP contribution >= 0.6 is 0 Å². The molecule has 0 fully saturated rings. The summed E-state index contributed by atoms with van der Waals surface area (Å²) in [4.78, 5) is 0. The first-order chi connectivity index (χ1) is 4.88. The molecule has 0 spiro atoms. The first-order valence-electron chi connectivity index (χ1n) is 2.91. The average molecular weight is 135 g/mol. The molecule has 0 aromatic carbocycles. The van der Waals surface area contributed by atoms with Crippen molar-refractivity contribution in [3.8, 4) is 11.4 Å². The molecule has 0 N–H and O–H groups in total. The largest absolute Gasteiger partial charge is 0.363 e. The molecule has 0 aromatic rings. The van der Waals surface area contributed by atoms with Crippen LogP contribution in [-0.4, -0.2) is 15.4 Å². The van der Waals surface area contributed by atoms with Crippen molar-refractivity contribution in [1.82, 2.24) is 15.4 Å². The molecule has 0 radical (unpaired) electrons. The van der Waals surface area contributed by atoms with Gasteiger partial charge in [-0.2, -0.15) is 5.10 Å². The van der Waals surface area contributed by atoms with Crippen LogP contribution in [0.25, 0.3) is 11.4 Å². The molecule has 4 nitrogen and oxygen atoms in total. The lowest BCUT2D eigenvalue weighted by atomic mass is 10.2. The van der Waals surface area contributed by atoms with Crippen molar-refractivity contribution < 1.29 is 4.52 Å². The molecule has 0 amide bonds. The maximum atomic E-state index is 4.65. The van der Waals surface area contributed by atoms with Crippen LogP contribution in [0.15, 0.2) is 16.9 Å². The second-order valence-corrected chi connectivity index (χ2v) is 2.02. The first kappa shape index (κ1) is 5.34. The van der Waals surface area contributed by atoms with E-state index in [1.54, 1.807) is 6.07 Å². The summed E-state index contributed by atoms with van der Waals surface area (Å²) in [7, 11) is 0. The fourth-order valence-electron chi connectivity index (χ4n) is 0.833. The van der Waals surface area contributed by atoms with Gasteiger partial charge in [0.2, 0.25) is 5.82 Å². The molecule has 0 atom stereocenters. The van der Waals surface area contributed by atoms with E-state index in [-0.39, 0.29) is 0 Å². The van der Waals surface area contributed by atoms with E-state index in [0.29, 0.717) is 5.82 Å². The van der Waals surface area contributed by atoms with Gasteiger partial charge in [-0.25, -0.2) is 0 Å². The third-order valence-corrected chi connectivity index (χ3v) is 1.36. The van der Waals surface area contributed by atoms with Crippen molar-refractivity contribution in [1.29, 1.82) is 0 Å². The van der Waals surface area contributed by atoms with Gasteiger partial charge in [0.25, 0.3) is 0 Å². The van der Waals surface area contributed by atoms with Gasteiger partial charge in [0.1, 0.15) is 6.26 Å². The number of aromatic nitrogens is 3. The molecular weight excluding hydrogens is 130 g/mol. The van der Waals surface area contributed by atoms with Crippen LogP contribution < -0.4 is 0 Å². The third kappa shape index (κ3) is 0.586. The zero-order chi connectivity index (χ0) is 6.97. The van der Waals surface area contributed by atoms with E-state index in [2.05, 4.69) is 19.9 Å². The molecular formula is C6H5N3O. The number of aryl methyl sites for hydroxylation is 1. The monoisotopic (exact) mass is 135 g/mol. The van der Waals surface area contributed by atoms with Crippen molar-refractivity contribution in [2.24, 2.45) is 0 Å². The smallest absolute Gasteiger partial charge is 0.222 e. The highest BCUT2D eigenvalue weighted by atomic mass is 16.4. The molecule has 0 unspecified atom stereocenters. The molecule has 2 aliphatic heterocycles. The second kappa shape index (κ2) is 1.76. The minimum absolute atomic E-state index is 0.569. The predicted molar refractivity (Wildman–Crippen MR) is 33.5 cm³/mol. The van der Waals surface area contributed by atoms with Crippen molar-refractivity contribution in [3.05, 3.63) is 18.0 Å². The molecule has 4 heteroatoms. The Morgan fingerprint density at radius 1 is 1.40 bits per heavy atom. The van der Waals surface area contributed by atoms with E-state index in [4.69, 9.17) is 0 Å². The summed E-state index contributed by atoms with van der Waals surface area (Å²) in [5, 5.41) is 11.2. The zero-order valence-electron chi connectivity index (χ0n) is 5.40. The van der Waals surface area contributed by atoms with Gasteiger partial charge in [0.05, 0.1) is 11.3 Å². The number of hydrogen-bond donors (Lipinski definition) is 0. The fraction of sp³-hybridized carbons (Fsp3) is 0.167. The highest BCUT2D eigenvalue weighted by molar-refractivity contribution is 5.56. The normalized spacial score (nSPS) is 10.5. The predicted octanol–water partition coefficient (Wildman–Crippen LogP) is 0.878. The molecule has 0 saturated carbocycles. The van der Waals surface area contributed by atoms with Gasteiger partial charge in [0, 0.05) is 0 Å². The second-order valence-electron chi connectivity index (χ2n) is 2.02. The Morgan fingerprint density at radius 3 is 3.10 bits per heavy atom. The summed E-state index contributed by atoms with van der Waals surface area (Å²) in [6, 6.07) is 1.80. The zero-order valence-corrected chi connectivity index (χ0v) is 5.40. The van der Waals surface area contributed by atoms with Crippen LogP contribution in [0.5, 0.6) is 0 Å². The van der Waals surface area contributed by atoms with Crippen LogP contribution in [0, 0.1) is 6.92 Å². The van der Waals surface area contributed by atoms with Crippen LogP contribution in [0.1, 0.15) is 5.69 Å². The van der Waals surface area contributed by atoms with E-state index >= 15 is 0 Å². The Labute approximate surface area is 57.2 Å². The van der Waals surface area contributed by atoms with E-state index in [1.165, 1.54) is 6.26 Å². The fourth-order valence-corrected chi connectivity index (χ4v) is 0.833. The van der Waals surface area contributed by atoms with Crippen LogP contribution in [0.4, 0.5) is 0 Å². The molecule has 50 valence electrons. The average Bonchev–Trinajstić information content (AvgIpc) is 2.34. The number of rotatable bonds is 0. The Kier molecular flexibility index (Phi) is 0.943. The van der Waals surface area contributed by atoms with Gasteiger partial charge >= 0.3 is 0 Å². The van der Waals surface area contributed by atoms with E-state index < -0.39 is 0 Å². The summed E-state index contributed by atoms with van der Waals surface area (Å²) < 4.78 is 4.65. The molecule has 0 bridgehead atoms. The molecule has 2 rings (SSSR count). The maximum absolute atomic E-state index is 4.65. The minimum Gasteiger partial charge on any atom is -0.363 e. The number of fused-ring (bicyclic) bond motifs is 1.